The summed E-state index contributed by atoms with van der Waals surface area (Å²) in [4.78, 5) is 4.29. The maximum absolute atomic E-state index is 4.29. The number of rotatable bonds is 1. The first-order valence-corrected chi connectivity index (χ1v) is 4.34. The first kappa shape index (κ1) is 11.1. The summed E-state index contributed by atoms with van der Waals surface area (Å²) >= 11 is 0. The molecule has 14 heavy (non-hydrogen) atoms. The minimum Gasteiger partial charge on any atom is -0.256 e. The third kappa shape index (κ3) is 2.50. The van der Waals surface area contributed by atoms with Crippen molar-refractivity contribution in [1.29, 1.82) is 0 Å². The molecule has 0 aliphatic rings. The van der Waals surface area contributed by atoms with Crippen LogP contribution in [0.5, 0.6) is 0 Å². The van der Waals surface area contributed by atoms with Crippen molar-refractivity contribution in [3.63, 3.8) is 0 Å². The standard InChI is InChI=1S/C12H11N.Ir/c1-10-5-4-6-11(9-10)12-7-2-3-8-13-12;/h2-9H,1H3;/q;+3. The van der Waals surface area contributed by atoms with Gasteiger partial charge in [0.15, 0.2) is 0 Å². The number of hydrogen-bond donors (Lipinski definition) is 0. The molecule has 0 fully saturated rings. The van der Waals surface area contributed by atoms with E-state index in [1.54, 1.807) is 0 Å². The van der Waals surface area contributed by atoms with Gasteiger partial charge in [-0.3, -0.25) is 4.98 Å². The molecule has 2 heteroatoms. The van der Waals surface area contributed by atoms with Crippen LogP contribution in [0.2, 0.25) is 0 Å². The van der Waals surface area contributed by atoms with E-state index >= 15 is 0 Å². The third-order valence-electron chi connectivity index (χ3n) is 1.98. The SMILES string of the molecule is Cc1cccc(-c2ccccn2)c1.[Ir+3]. The molecule has 0 unspecified atom stereocenters. The van der Waals surface area contributed by atoms with Crippen LogP contribution in [-0.2, 0) is 20.1 Å². The molecule has 70 valence electrons. The Labute approximate surface area is 97.6 Å². The van der Waals surface area contributed by atoms with Gasteiger partial charge in [-0.25, -0.2) is 0 Å². The van der Waals surface area contributed by atoms with E-state index in [9.17, 15) is 0 Å². The molecule has 0 saturated heterocycles. The van der Waals surface area contributed by atoms with Gasteiger partial charge in [0.2, 0.25) is 0 Å². The molecule has 0 spiro atoms. The average Bonchev–Trinajstić information content (AvgIpc) is 2.19. The molecular formula is C12H11IrN+3. The molecule has 1 aromatic carbocycles. The number of pyridine rings is 1. The summed E-state index contributed by atoms with van der Waals surface area (Å²) < 4.78 is 0. The fourth-order valence-corrected chi connectivity index (χ4v) is 1.34. The summed E-state index contributed by atoms with van der Waals surface area (Å²) in [6.07, 6.45) is 1.82. The van der Waals surface area contributed by atoms with Gasteiger partial charge in [-0.15, -0.1) is 0 Å². The van der Waals surface area contributed by atoms with E-state index in [2.05, 4.69) is 36.2 Å². The fourth-order valence-electron chi connectivity index (χ4n) is 1.34. The molecule has 0 atom stereocenters. The molecule has 1 nitrogen and oxygen atoms in total. The molecule has 0 amide bonds. The Morgan fingerprint density at radius 3 is 2.50 bits per heavy atom. The zero-order valence-electron chi connectivity index (χ0n) is 7.90. The molecule has 1 aromatic heterocycles. The van der Waals surface area contributed by atoms with Crippen LogP contribution in [0.4, 0.5) is 0 Å². The van der Waals surface area contributed by atoms with E-state index in [0.717, 1.165) is 5.69 Å². The Morgan fingerprint density at radius 2 is 1.86 bits per heavy atom. The summed E-state index contributed by atoms with van der Waals surface area (Å²) in [6, 6.07) is 14.3. The van der Waals surface area contributed by atoms with Gasteiger partial charge in [-0.05, 0) is 25.1 Å². The largest absolute Gasteiger partial charge is 3.00 e. The molecule has 0 N–H and O–H groups in total. The molecule has 0 bridgehead atoms. The normalized spacial score (nSPS) is 9.21. The number of aryl methyl sites for hydroxylation is 1. The average molecular weight is 361 g/mol. The van der Waals surface area contributed by atoms with Crippen molar-refractivity contribution in [3.8, 4) is 11.3 Å². The van der Waals surface area contributed by atoms with E-state index in [4.69, 9.17) is 0 Å². The van der Waals surface area contributed by atoms with Crippen LogP contribution in [0.25, 0.3) is 11.3 Å². The zero-order chi connectivity index (χ0) is 9.10. The minimum atomic E-state index is 0. The number of nitrogens with zero attached hydrogens (tertiary/aromatic N) is 1. The summed E-state index contributed by atoms with van der Waals surface area (Å²) in [6.45, 7) is 2.09. The number of hydrogen-bond acceptors (Lipinski definition) is 1. The van der Waals surface area contributed by atoms with E-state index in [0.29, 0.717) is 0 Å². The summed E-state index contributed by atoms with van der Waals surface area (Å²) in [5.74, 6) is 0. The summed E-state index contributed by atoms with van der Waals surface area (Å²) in [7, 11) is 0. The van der Waals surface area contributed by atoms with Crippen molar-refractivity contribution in [1.82, 2.24) is 4.98 Å². The molecule has 0 aliphatic heterocycles. The maximum Gasteiger partial charge on any atom is 3.00 e. The van der Waals surface area contributed by atoms with Gasteiger partial charge in [-0.2, -0.15) is 0 Å². The summed E-state index contributed by atoms with van der Waals surface area (Å²) in [5, 5.41) is 0. The molecule has 0 aliphatic carbocycles. The van der Waals surface area contributed by atoms with Crippen molar-refractivity contribution in [2.75, 3.05) is 0 Å². The molecule has 2 aromatic rings. The monoisotopic (exact) mass is 362 g/mol. The van der Waals surface area contributed by atoms with Crippen molar-refractivity contribution in [2.45, 2.75) is 6.92 Å². The van der Waals surface area contributed by atoms with Gasteiger partial charge in [-0.1, -0.05) is 29.8 Å². The second-order valence-corrected chi connectivity index (χ2v) is 3.08. The van der Waals surface area contributed by atoms with Crippen LogP contribution in [0.3, 0.4) is 0 Å². The van der Waals surface area contributed by atoms with E-state index in [1.807, 2.05) is 24.4 Å². The first-order valence-electron chi connectivity index (χ1n) is 4.34. The molecule has 1 heterocycles. The second-order valence-electron chi connectivity index (χ2n) is 3.08. The van der Waals surface area contributed by atoms with Crippen LogP contribution < -0.4 is 0 Å². The number of aromatic nitrogens is 1. The first-order chi connectivity index (χ1) is 6.36. The van der Waals surface area contributed by atoms with Crippen molar-refractivity contribution in [2.24, 2.45) is 0 Å². The summed E-state index contributed by atoms with van der Waals surface area (Å²) in [5.41, 5.74) is 3.48. The Balaban J connectivity index is 0.000000980. The smallest absolute Gasteiger partial charge is 0.256 e. The Hall–Kier alpha value is -0.981. The van der Waals surface area contributed by atoms with E-state index in [-0.39, 0.29) is 20.1 Å². The Kier molecular flexibility index (Phi) is 3.99. The van der Waals surface area contributed by atoms with Crippen molar-refractivity contribution < 1.29 is 20.1 Å². The molecular weight excluding hydrogens is 350 g/mol. The fraction of sp³-hybridized carbons (Fsp3) is 0.0833. The Morgan fingerprint density at radius 1 is 1.00 bits per heavy atom. The van der Waals surface area contributed by atoms with E-state index in [1.165, 1.54) is 11.1 Å². The van der Waals surface area contributed by atoms with Crippen LogP contribution in [-0.4, -0.2) is 4.98 Å². The molecule has 0 saturated carbocycles. The van der Waals surface area contributed by atoms with Gasteiger partial charge in [0.25, 0.3) is 0 Å². The molecule has 2 rings (SSSR count). The van der Waals surface area contributed by atoms with Crippen molar-refractivity contribution >= 4 is 0 Å². The Bertz CT molecular complexity index is 398. The quantitative estimate of drug-likeness (QED) is 0.761. The topological polar surface area (TPSA) is 12.9 Å². The van der Waals surface area contributed by atoms with Gasteiger partial charge in [0.05, 0.1) is 5.69 Å². The van der Waals surface area contributed by atoms with Crippen LogP contribution in [0.1, 0.15) is 5.56 Å². The van der Waals surface area contributed by atoms with Gasteiger partial charge in [0, 0.05) is 11.8 Å². The van der Waals surface area contributed by atoms with Gasteiger partial charge in [0.1, 0.15) is 0 Å². The predicted octanol–water partition coefficient (Wildman–Crippen LogP) is 3.05. The maximum atomic E-state index is 4.29. The zero-order valence-corrected chi connectivity index (χ0v) is 10.3. The molecule has 0 radical (unpaired) electrons. The van der Waals surface area contributed by atoms with Crippen LogP contribution in [0, 0.1) is 6.92 Å². The van der Waals surface area contributed by atoms with Crippen LogP contribution >= 0.6 is 0 Å². The van der Waals surface area contributed by atoms with E-state index < -0.39 is 0 Å². The predicted molar refractivity (Wildman–Crippen MR) is 54.4 cm³/mol. The van der Waals surface area contributed by atoms with Gasteiger partial charge < -0.3 is 0 Å². The minimum absolute atomic E-state index is 0. The third-order valence-corrected chi connectivity index (χ3v) is 1.98. The van der Waals surface area contributed by atoms with Gasteiger partial charge >= 0.3 is 20.1 Å². The second kappa shape index (κ2) is 5.04. The number of benzene rings is 1. The van der Waals surface area contributed by atoms with Crippen molar-refractivity contribution in [3.05, 3.63) is 54.2 Å². The van der Waals surface area contributed by atoms with Crippen LogP contribution in [0.15, 0.2) is 48.7 Å².